The van der Waals surface area contributed by atoms with E-state index in [9.17, 15) is 9.70 Å². The molecule has 0 radical (unpaired) electrons. The Morgan fingerprint density at radius 2 is 1.85 bits per heavy atom. The molecule has 0 saturated heterocycles. The van der Waals surface area contributed by atoms with Crippen LogP contribution in [0.1, 0.15) is 10.4 Å². The quantitative estimate of drug-likeness (QED) is 0.667. The Hall–Kier alpha value is -2.89. The van der Waals surface area contributed by atoms with Crippen LogP contribution >= 0.6 is 0 Å². The smallest absolute Gasteiger partial charge is 0.335 e. The highest BCUT2D eigenvalue weighted by Gasteiger charge is 2.12. The number of hydrogen-bond acceptors (Lipinski definition) is 4. The molecule has 0 heterocycles. The first-order valence-corrected chi connectivity index (χ1v) is 5.76. The molecule has 0 unspecified atom stereocenters. The van der Waals surface area contributed by atoms with E-state index in [1.807, 2.05) is 0 Å². The molecule has 0 aromatic heterocycles. The minimum Gasteiger partial charge on any atom is -0.497 e. The van der Waals surface area contributed by atoms with Crippen LogP contribution < -0.4 is 9.75 Å². The summed E-state index contributed by atoms with van der Waals surface area (Å²) < 4.78 is 5.03. The van der Waals surface area contributed by atoms with Crippen molar-refractivity contribution in [3.8, 4) is 5.75 Å². The maximum Gasteiger partial charge on any atom is 0.335 e. The van der Waals surface area contributed by atoms with Crippen LogP contribution in [0.4, 0.5) is 11.4 Å². The van der Waals surface area contributed by atoms with E-state index in [0.29, 0.717) is 17.1 Å². The van der Waals surface area contributed by atoms with Crippen LogP contribution in [0.2, 0.25) is 0 Å². The summed E-state index contributed by atoms with van der Waals surface area (Å²) in [6, 6.07) is 12.7. The van der Waals surface area contributed by atoms with Crippen molar-refractivity contribution in [1.82, 2.24) is 0 Å². The highest BCUT2D eigenvalue weighted by molar-refractivity contribution is 5.89. The lowest BCUT2D eigenvalue weighted by atomic mass is 10.2. The van der Waals surface area contributed by atoms with Gasteiger partial charge in [-0.3, -0.25) is 0 Å². The van der Waals surface area contributed by atoms with E-state index >= 15 is 0 Å². The van der Waals surface area contributed by atoms with Crippen molar-refractivity contribution in [2.75, 3.05) is 12.1 Å². The molecule has 0 spiro atoms. The van der Waals surface area contributed by atoms with Gasteiger partial charge in [-0.15, -0.1) is 4.91 Å². The number of carboxylic acid groups (broad SMARTS) is 1. The van der Waals surface area contributed by atoms with Gasteiger partial charge < -0.3 is 9.84 Å². The number of anilines is 2. The molecule has 0 saturated carbocycles. The lowest BCUT2D eigenvalue weighted by Crippen LogP contribution is -2.08. The van der Waals surface area contributed by atoms with Gasteiger partial charge in [-0.25, -0.2) is 4.79 Å². The van der Waals surface area contributed by atoms with Crippen molar-refractivity contribution in [3.63, 3.8) is 0 Å². The van der Waals surface area contributed by atoms with E-state index in [0.717, 1.165) is 5.01 Å². The fourth-order valence-corrected chi connectivity index (χ4v) is 1.74. The molecule has 0 fully saturated rings. The number of aromatic carboxylic acids is 1. The summed E-state index contributed by atoms with van der Waals surface area (Å²) in [6.45, 7) is 0. The molecule has 2 aromatic rings. The number of rotatable bonds is 5. The van der Waals surface area contributed by atoms with Crippen LogP contribution in [-0.4, -0.2) is 18.2 Å². The zero-order valence-electron chi connectivity index (χ0n) is 10.7. The van der Waals surface area contributed by atoms with Gasteiger partial charge in [0.15, 0.2) is 0 Å². The number of methoxy groups -OCH3 is 1. The van der Waals surface area contributed by atoms with Gasteiger partial charge in [-0.2, -0.15) is 5.01 Å². The van der Waals surface area contributed by atoms with Crippen molar-refractivity contribution >= 4 is 17.3 Å². The number of carbonyl (C=O) groups is 1. The molecule has 1 N–H and O–H groups in total. The van der Waals surface area contributed by atoms with Crippen molar-refractivity contribution in [2.45, 2.75) is 0 Å². The van der Waals surface area contributed by atoms with Gasteiger partial charge in [0.25, 0.3) is 0 Å². The number of nitroso groups, excluding NO2 is 1. The first-order valence-electron chi connectivity index (χ1n) is 5.76. The van der Waals surface area contributed by atoms with Gasteiger partial charge in [0.1, 0.15) is 5.75 Å². The van der Waals surface area contributed by atoms with Gasteiger partial charge in [0, 0.05) is 0 Å². The predicted octanol–water partition coefficient (Wildman–Crippen LogP) is 3.21. The Morgan fingerprint density at radius 1 is 1.15 bits per heavy atom. The summed E-state index contributed by atoms with van der Waals surface area (Å²) in [4.78, 5) is 22.0. The molecule has 0 bridgehead atoms. The van der Waals surface area contributed by atoms with Crippen LogP contribution in [0.5, 0.6) is 5.75 Å². The monoisotopic (exact) mass is 272 g/mol. The van der Waals surface area contributed by atoms with Crippen LogP contribution in [0, 0.1) is 4.91 Å². The third kappa shape index (κ3) is 2.74. The summed E-state index contributed by atoms with van der Waals surface area (Å²) in [5, 5.41) is 13.0. The second-order valence-electron chi connectivity index (χ2n) is 3.95. The molecule has 102 valence electrons. The average molecular weight is 272 g/mol. The Labute approximate surface area is 115 Å². The second-order valence-corrected chi connectivity index (χ2v) is 3.95. The Balaban J connectivity index is 2.38. The molecule has 2 aromatic carbocycles. The minimum atomic E-state index is -1.06. The third-order valence-electron chi connectivity index (χ3n) is 2.74. The van der Waals surface area contributed by atoms with E-state index in [1.165, 1.54) is 12.1 Å². The molecule has 0 atom stereocenters. The lowest BCUT2D eigenvalue weighted by Gasteiger charge is -2.16. The van der Waals surface area contributed by atoms with Crippen LogP contribution in [0.25, 0.3) is 0 Å². The summed E-state index contributed by atoms with van der Waals surface area (Å²) >= 11 is 0. The van der Waals surface area contributed by atoms with Crippen molar-refractivity contribution < 1.29 is 14.6 Å². The summed E-state index contributed by atoms with van der Waals surface area (Å²) in [6.07, 6.45) is 0. The molecule has 6 heteroatoms. The summed E-state index contributed by atoms with van der Waals surface area (Å²) in [7, 11) is 1.54. The highest BCUT2D eigenvalue weighted by Crippen LogP contribution is 2.28. The topological polar surface area (TPSA) is 79.2 Å². The fraction of sp³-hybridized carbons (Fsp3) is 0.0714. The van der Waals surface area contributed by atoms with Gasteiger partial charge in [-0.05, 0) is 42.5 Å². The predicted molar refractivity (Wildman–Crippen MR) is 74.3 cm³/mol. The molecule has 20 heavy (non-hydrogen) atoms. The standard InChI is InChI=1S/C14H12N2O4/c1-20-13-7-5-11(6-8-13)16(15-19)12-4-2-3-10(9-12)14(17)18/h2-9H,1H3,(H,17,18). The molecular weight excluding hydrogens is 260 g/mol. The van der Waals surface area contributed by atoms with Gasteiger partial charge >= 0.3 is 5.97 Å². The highest BCUT2D eigenvalue weighted by atomic mass is 16.5. The number of nitrogens with zero attached hydrogens (tertiary/aromatic N) is 2. The summed E-state index contributed by atoms with van der Waals surface area (Å²) in [5.41, 5.74) is 0.984. The SMILES string of the molecule is COc1ccc(N(N=O)c2cccc(C(=O)O)c2)cc1. The van der Waals surface area contributed by atoms with E-state index in [1.54, 1.807) is 43.5 Å². The van der Waals surface area contributed by atoms with Crippen LogP contribution in [0.15, 0.2) is 53.8 Å². The van der Waals surface area contributed by atoms with E-state index in [4.69, 9.17) is 9.84 Å². The zero-order valence-corrected chi connectivity index (χ0v) is 10.7. The molecule has 0 amide bonds. The Kier molecular flexibility index (Phi) is 3.95. The normalized spacial score (nSPS) is 9.85. The summed E-state index contributed by atoms with van der Waals surface area (Å²) in [5.74, 6) is -0.411. The van der Waals surface area contributed by atoms with Gasteiger partial charge in [0.2, 0.25) is 0 Å². The van der Waals surface area contributed by atoms with E-state index in [-0.39, 0.29) is 5.56 Å². The molecular formula is C14H12N2O4. The average Bonchev–Trinajstić information content (AvgIpc) is 2.49. The molecule has 0 aliphatic carbocycles. The van der Waals surface area contributed by atoms with Gasteiger partial charge in [-0.1, -0.05) is 6.07 Å². The largest absolute Gasteiger partial charge is 0.497 e. The zero-order chi connectivity index (χ0) is 14.5. The second kappa shape index (κ2) is 5.83. The first kappa shape index (κ1) is 13.5. The third-order valence-corrected chi connectivity index (χ3v) is 2.74. The minimum absolute atomic E-state index is 0.0876. The molecule has 0 aliphatic rings. The Bertz CT molecular complexity index is 625. The number of hydrogen-bond donors (Lipinski definition) is 1. The molecule has 6 nitrogen and oxygen atoms in total. The maximum atomic E-state index is 11.0. The van der Waals surface area contributed by atoms with Gasteiger partial charge in [0.05, 0.1) is 29.3 Å². The van der Waals surface area contributed by atoms with Crippen LogP contribution in [0.3, 0.4) is 0 Å². The van der Waals surface area contributed by atoms with Crippen molar-refractivity contribution in [1.29, 1.82) is 0 Å². The lowest BCUT2D eigenvalue weighted by molar-refractivity contribution is 0.0697. The molecule has 0 aliphatic heterocycles. The van der Waals surface area contributed by atoms with Crippen molar-refractivity contribution in [2.24, 2.45) is 5.29 Å². The van der Waals surface area contributed by atoms with E-state index in [2.05, 4.69) is 5.29 Å². The Morgan fingerprint density at radius 3 is 2.40 bits per heavy atom. The first-order chi connectivity index (χ1) is 9.65. The fourth-order valence-electron chi connectivity index (χ4n) is 1.74. The number of carboxylic acids is 1. The number of ether oxygens (including phenoxy) is 1. The molecule has 2 rings (SSSR count). The number of benzene rings is 2. The van der Waals surface area contributed by atoms with Crippen LogP contribution in [-0.2, 0) is 0 Å². The maximum absolute atomic E-state index is 11.0. The van der Waals surface area contributed by atoms with E-state index < -0.39 is 5.97 Å². The van der Waals surface area contributed by atoms with Crippen molar-refractivity contribution in [3.05, 3.63) is 59.0 Å².